The molecule has 0 heterocycles. The fourth-order valence-electron chi connectivity index (χ4n) is 1.93. The average molecular weight is 202 g/mol. The van der Waals surface area contributed by atoms with Crippen LogP contribution in [0.4, 0.5) is 4.39 Å². The van der Waals surface area contributed by atoms with Crippen molar-refractivity contribution < 1.29 is 18.7 Å². The van der Waals surface area contributed by atoms with E-state index in [-0.39, 0.29) is 25.2 Å². The van der Waals surface area contributed by atoms with E-state index in [2.05, 4.69) is 0 Å². The van der Waals surface area contributed by atoms with Crippen LogP contribution >= 0.6 is 0 Å². The van der Waals surface area contributed by atoms with Gasteiger partial charge < -0.3 is 4.74 Å². The second-order valence-corrected chi connectivity index (χ2v) is 3.64. The predicted molar refractivity (Wildman–Crippen MR) is 48.4 cm³/mol. The van der Waals surface area contributed by atoms with Gasteiger partial charge in [-0.3, -0.25) is 9.59 Å². The smallest absolute Gasteiger partial charge is 0.309 e. The molecule has 0 aromatic heterocycles. The molecule has 1 aliphatic carbocycles. The van der Waals surface area contributed by atoms with Crippen molar-refractivity contribution in [1.29, 1.82) is 0 Å². The largest absolute Gasteiger partial charge is 0.466 e. The first kappa shape index (κ1) is 11.1. The van der Waals surface area contributed by atoms with Crippen LogP contribution in [-0.4, -0.2) is 24.5 Å². The van der Waals surface area contributed by atoms with Crippen LogP contribution in [0.5, 0.6) is 0 Å². The molecule has 0 bridgehead atoms. The molecular weight excluding hydrogens is 187 g/mol. The first-order valence-electron chi connectivity index (χ1n) is 4.87. The van der Waals surface area contributed by atoms with Crippen LogP contribution < -0.4 is 0 Å². The van der Waals surface area contributed by atoms with Gasteiger partial charge in [0.1, 0.15) is 12.0 Å². The Morgan fingerprint density at radius 1 is 1.36 bits per heavy atom. The van der Waals surface area contributed by atoms with Gasteiger partial charge in [0, 0.05) is 5.92 Å². The van der Waals surface area contributed by atoms with Gasteiger partial charge in [0.2, 0.25) is 0 Å². The second kappa shape index (κ2) is 4.53. The monoisotopic (exact) mass is 202 g/mol. The fraction of sp³-hybridized carbons (Fsp3) is 0.800. The van der Waals surface area contributed by atoms with E-state index in [4.69, 9.17) is 4.74 Å². The minimum Gasteiger partial charge on any atom is -0.466 e. The Kier molecular flexibility index (Phi) is 3.61. The molecule has 3 atom stereocenters. The highest BCUT2D eigenvalue weighted by Gasteiger charge is 2.42. The van der Waals surface area contributed by atoms with Crippen molar-refractivity contribution in [2.45, 2.75) is 32.9 Å². The van der Waals surface area contributed by atoms with Crippen LogP contribution in [0, 0.1) is 11.8 Å². The highest BCUT2D eigenvalue weighted by atomic mass is 19.1. The number of hydrogen-bond donors (Lipinski definition) is 0. The Morgan fingerprint density at radius 2 is 1.93 bits per heavy atom. The Bertz CT molecular complexity index is 240. The van der Waals surface area contributed by atoms with Gasteiger partial charge >= 0.3 is 5.97 Å². The highest BCUT2D eigenvalue weighted by Crippen LogP contribution is 2.35. The number of ketones is 1. The van der Waals surface area contributed by atoms with E-state index in [0.717, 1.165) is 0 Å². The fourth-order valence-corrected chi connectivity index (χ4v) is 1.93. The third kappa shape index (κ3) is 2.30. The number of rotatable bonds is 3. The van der Waals surface area contributed by atoms with Crippen molar-refractivity contribution in [1.82, 2.24) is 0 Å². The Morgan fingerprint density at radius 3 is 2.43 bits per heavy atom. The average Bonchev–Trinajstić information content (AvgIpc) is 2.48. The van der Waals surface area contributed by atoms with Crippen LogP contribution in [0.15, 0.2) is 0 Å². The molecule has 0 amide bonds. The summed E-state index contributed by atoms with van der Waals surface area (Å²) in [7, 11) is 0. The maximum Gasteiger partial charge on any atom is 0.309 e. The summed E-state index contributed by atoms with van der Waals surface area (Å²) in [5.41, 5.74) is 0. The van der Waals surface area contributed by atoms with Gasteiger partial charge in [0.05, 0.1) is 12.5 Å². The number of carbonyl (C=O) groups is 2. The zero-order chi connectivity index (χ0) is 10.7. The van der Waals surface area contributed by atoms with Crippen LogP contribution in [0.25, 0.3) is 0 Å². The van der Waals surface area contributed by atoms with Crippen molar-refractivity contribution in [2.24, 2.45) is 11.8 Å². The zero-order valence-electron chi connectivity index (χ0n) is 8.46. The summed E-state index contributed by atoms with van der Waals surface area (Å²) in [6, 6.07) is 0. The number of hydrogen-bond acceptors (Lipinski definition) is 3. The first-order chi connectivity index (χ1) is 6.56. The summed E-state index contributed by atoms with van der Waals surface area (Å²) < 4.78 is 17.8. The van der Waals surface area contributed by atoms with E-state index >= 15 is 0 Å². The molecule has 0 N–H and O–H groups in total. The Labute approximate surface area is 82.6 Å². The van der Waals surface area contributed by atoms with Gasteiger partial charge in [0.15, 0.2) is 0 Å². The number of esters is 1. The lowest BCUT2D eigenvalue weighted by atomic mass is 9.93. The van der Waals surface area contributed by atoms with E-state index in [1.54, 1.807) is 6.92 Å². The van der Waals surface area contributed by atoms with E-state index in [0.29, 0.717) is 0 Å². The minimum absolute atomic E-state index is 0.122. The molecule has 1 aliphatic rings. The van der Waals surface area contributed by atoms with Gasteiger partial charge in [-0.15, -0.1) is 0 Å². The van der Waals surface area contributed by atoms with Crippen molar-refractivity contribution >= 4 is 11.8 Å². The van der Waals surface area contributed by atoms with Crippen molar-refractivity contribution in [3.63, 3.8) is 0 Å². The molecule has 80 valence electrons. The third-order valence-corrected chi connectivity index (χ3v) is 2.62. The van der Waals surface area contributed by atoms with Crippen molar-refractivity contribution in [3.05, 3.63) is 0 Å². The van der Waals surface area contributed by atoms with Gasteiger partial charge in [-0.1, -0.05) is 0 Å². The molecule has 1 rings (SSSR count). The molecule has 0 radical (unpaired) electrons. The molecule has 1 saturated carbocycles. The number of carbonyl (C=O) groups excluding carboxylic acids is 2. The highest BCUT2D eigenvalue weighted by molar-refractivity contribution is 5.85. The summed E-state index contributed by atoms with van der Waals surface area (Å²) in [6.07, 6.45) is -0.750. The topological polar surface area (TPSA) is 43.4 Å². The first-order valence-corrected chi connectivity index (χ1v) is 4.87. The van der Waals surface area contributed by atoms with Crippen LogP contribution in [-0.2, 0) is 14.3 Å². The number of halogens is 1. The number of alkyl halides is 1. The molecule has 0 aromatic rings. The van der Waals surface area contributed by atoms with Gasteiger partial charge in [-0.05, 0) is 26.7 Å². The molecule has 14 heavy (non-hydrogen) atoms. The summed E-state index contributed by atoms with van der Waals surface area (Å²) in [6.45, 7) is 3.37. The van der Waals surface area contributed by atoms with E-state index in [1.165, 1.54) is 6.92 Å². The molecule has 0 spiro atoms. The van der Waals surface area contributed by atoms with Crippen LogP contribution in [0.3, 0.4) is 0 Å². The number of ether oxygens (including phenoxy) is 1. The molecule has 4 heteroatoms. The predicted octanol–water partition coefficient (Wildman–Crippen LogP) is 1.50. The quantitative estimate of drug-likeness (QED) is 0.651. The maximum atomic E-state index is 13.0. The molecule has 0 aromatic carbocycles. The normalized spacial score (nSPS) is 31.5. The maximum absolute atomic E-state index is 13.0. The van der Waals surface area contributed by atoms with Crippen LogP contribution in [0.2, 0.25) is 0 Å². The zero-order valence-corrected chi connectivity index (χ0v) is 8.46. The molecule has 0 aliphatic heterocycles. The minimum atomic E-state index is -1.04. The summed E-state index contributed by atoms with van der Waals surface area (Å²) in [4.78, 5) is 22.5. The molecule has 0 saturated heterocycles. The molecular formula is C10H15FO3. The van der Waals surface area contributed by atoms with Gasteiger partial charge in [-0.2, -0.15) is 0 Å². The van der Waals surface area contributed by atoms with E-state index in [9.17, 15) is 14.0 Å². The van der Waals surface area contributed by atoms with Crippen LogP contribution in [0.1, 0.15) is 26.7 Å². The summed E-state index contributed by atoms with van der Waals surface area (Å²) in [5.74, 6) is -1.61. The number of Topliss-reactive ketones (excluding diaryl/α,β-unsaturated/α-hetero) is 1. The SMILES string of the molecule is CCOC(=O)C1CC(F)CC1C(C)=O. The summed E-state index contributed by atoms with van der Waals surface area (Å²) >= 11 is 0. The third-order valence-electron chi connectivity index (χ3n) is 2.62. The summed E-state index contributed by atoms with van der Waals surface area (Å²) in [5, 5.41) is 0. The van der Waals surface area contributed by atoms with Gasteiger partial charge in [-0.25, -0.2) is 4.39 Å². The van der Waals surface area contributed by atoms with Crippen molar-refractivity contribution in [3.8, 4) is 0 Å². The Balaban J connectivity index is 2.66. The standard InChI is InChI=1S/C10H15FO3/c1-3-14-10(13)9-5-7(11)4-8(9)6(2)12/h7-9H,3-5H2,1-2H3. The van der Waals surface area contributed by atoms with Gasteiger partial charge in [0.25, 0.3) is 0 Å². The second-order valence-electron chi connectivity index (χ2n) is 3.64. The van der Waals surface area contributed by atoms with E-state index < -0.39 is 24.0 Å². The Hall–Kier alpha value is -0.930. The van der Waals surface area contributed by atoms with E-state index in [1.807, 2.05) is 0 Å². The lowest BCUT2D eigenvalue weighted by Gasteiger charge is -2.14. The van der Waals surface area contributed by atoms with Crippen molar-refractivity contribution in [2.75, 3.05) is 6.61 Å². The lowest BCUT2D eigenvalue weighted by Crippen LogP contribution is -2.25. The lowest BCUT2D eigenvalue weighted by molar-refractivity contribution is -0.151. The molecule has 3 nitrogen and oxygen atoms in total. The molecule has 1 fully saturated rings. The molecule has 3 unspecified atom stereocenters.